The third kappa shape index (κ3) is 2.27. The second-order valence-corrected chi connectivity index (χ2v) is 5.43. The minimum atomic E-state index is -0.0801. The zero-order valence-electron chi connectivity index (χ0n) is 10.6. The normalized spacial score (nSPS) is 31.1. The van der Waals surface area contributed by atoms with Crippen molar-refractivity contribution in [3.63, 3.8) is 0 Å². The van der Waals surface area contributed by atoms with Gasteiger partial charge in [0.05, 0.1) is 11.7 Å². The molecule has 2 fully saturated rings. The number of rotatable bonds is 2. The van der Waals surface area contributed by atoms with Gasteiger partial charge in [0.25, 0.3) is 0 Å². The molecule has 1 aliphatic heterocycles. The third-order valence-electron chi connectivity index (χ3n) is 4.05. The predicted molar refractivity (Wildman–Crippen MR) is 67.2 cm³/mol. The smallest absolute Gasteiger partial charge is 0.243 e. The van der Waals surface area contributed by atoms with E-state index >= 15 is 0 Å². The van der Waals surface area contributed by atoms with E-state index in [0.717, 1.165) is 12.1 Å². The van der Waals surface area contributed by atoms with Crippen molar-refractivity contribution in [2.45, 2.75) is 51.1 Å². The molecule has 2 heterocycles. The quantitative estimate of drug-likeness (QED) is 0.839. The molecule has 1 saturated heterocycles. The molecular weight excluding hydrogens is 230 g/mol. The number of fused-ring (bicyclic) bond motifs is 1. The molecule has 0 aromatic carbocycles. The average molecular weight is 249 g/mol. The summed E-state index contributed by atoms with van der Waals surface area (Å²) in [5, 5.41) is 9.99. The van der Waals surface area contributed by atoms with E-state index in [9.17, 15) is 4.79 Å². The molecule has 1 aromatic rings. The maximum absolute atomic E-state index is 12.1. The maximum Gasteiger partial charge on any atom is 0.243 e. The number of anilines is 1. The van der Waals surface area contributed by atoms with Crippen molar-refractivity contribution >= 4 is 11.8 Å². The van der Waals surface area contributed by atoms with Gasteiger partial charge in [0, 0.05) is 12.1 Å². The average Bonchev–Trinajstić information content (AvgIpc) is 2.95. The van der Waals surface area contributed by atoms with Crippen LogP contribution in [-0.4, -0.2) is 23.1 Å². The summed E-state index contributed by atoms with van der Waals surface area (Å²) in [5.74, 6) is 1.11. The van der Waals surface area contributed by atoms with Crippen LogP contribution in [-0.2, 0) is 4.79 Å². The zero-order valence-corrected chi connectivity index (χ0v) is 10.6. The van der Waals surface area contributed by atoms with Gasteiger partial charge >= 0.3 is 0 Å². The van der Waals surface area contributed by atoms with Crippen molar-refractivity contribution < 1.29 is 9.32 Å². The van der Waals surface area contributed by atoms with Gasteiger partial charge in [-0.25, -0.2) is 0 Å². The molecule has 0 radical (unpaired) electrons. The number of hydrogen-bond donors (Lipinski definition) is 2. The fourth-order valence-electron chi connectivity index (χ4n) is 3.15. The van der Waals surface area contributed by atoms with Crippen molar-refractivity contribution in [2.75, 3.05) is 5.32 Å². The van der Waals surface area contributed by atoms with Gasteiger partial charge in [-0.3, -0.25) is 10.1 Å². The highest BCUT2D eigenvalue weighted by Gasteiger charge is 2.38. The summed E-state index contributed by atoms with van der Waals surface area (Å²) in [7, 11) is 0. The van der Waals surface area contributed by atoms with Gasteiger partial charge in [-0.1, -0.05) is 18.0 Å². The van der Waals surface area contributed by atoms with Crippen LogP contribution in [0.3, 0.4) is 0 Å². The van der Waals surface area contributed by atoms with E-state index < -0.39 is 0 Å². The Hall–Kier alpha value is -1.36. The van der Waals surface area contributed by atoms with E-state index in [0.29, 0.717) is 17.8 Å². The van der Waals surface area contributed by atoms with Gasteiger partial charge < -0.3 is 9.84 Å². The van der Waals surface area contributed by atoms with Gasteiger partial charge in [-0.15, -0.1) is 0 Å². The lowest BCUT2D eigenvalue weighted by atomic mass is 9.85. The molecule has 0 spiro atoms. The largest absolute Gasteiger partial charge is 0.338 e. The first kappa shape index (κ1) is 11.7. The fourth-order valence-corrected chi connectivity index (χ4v) is 3.15. The molecule has 2 aliphatic rings. The minimum Gasteiger partial charge on any atom is -0.338 e. The Morgan fingerprint density at radius 3 is 3.06 bits per heavy atom. The lowest BCUT2D eigenvalue weighted by molar-refractivity contribution is -0.118. The van der Waals surface area contributed by atoms with E-state index in [1.165, 1.54) is 25.7 Å². The first-order chi connectivity index (χ1) is 8.72. The lowest BCUT2D eigenvalue weighted by Crippen LogP contribution is -2.39. The van der Waals surface area contributed by atoms with Crippen LogP contribution in [0.15, 0.2) is 10.6 Å². The van der Waals surface area contributed by atoms with Crippen molar-refractivity contribution in [2.24, 2.45) is 5.92 Å². The minimum absolute atomic E-state index is 0.000509. The summed E-state index contributed by atoms with van der Waals surface area (Å²) in [4.78, 5) is 12.1. The molecule has 1 amide bonds. The monoisotopic (exact) mass is 249 g/mol. The van der Waals surface area contributed by atoms with Crippen molar-refractivity contribution in [1.29, 1.82) is 0 Å². The number of aryl methyl sites for hydroxylation is 1. The molecule has 5 heteroatoms. The van der Waals surface area contributed by atoms with E-state index in [2.05, 4.69) is 15.8 Å². The summed E-state index contributed by atoms with van der Waals surface area (Å²) >= 11 is 0. The van der Waals surface area contributed by atoms with Crippen molar-refractivity contribution in [3.8, 4) is 0 Å². The van der Waals surface area contributed by atoms with E-state index in [-0.39, 0.29) is 11.9 Å². The van der Waals surface area contributed by atoms with Crippen LogP contribution in [0, 0.1) is 12.8 Å². The number of nitrogens with one attached hydrogen (secondary N) is 2. The van der Waals surface area contributed by atoms with Crippen LogP contribution in [0.25, 0.3) is 0 Å². The van der Waals surface area contributed by atoms with Crippen LogP contribution < -0.4 is 10.6 Å². The van der Waals surface area contributed by atoms with Crippen molar-refractivity contribution in [1.82, 2.24) is 10.5 Å². The third-order valence-corrected chi connectivity index (χ3v) is 4.05. The molecular formula is C13H19N3O2. The fraction of sp³-hybridized carbons (Fsp3) is 0.692. The maximum atomic E-state index is 12.1. The first-order valence-electron chi connectivity index (χ1n) is 6.72. The van der Waals surface area contributed by atoms with Crippen molar-refractivity contribution in [3.05, 3.63) is 11.8 Å². The number of amides is 1. The summed E-state index contributed by atoms with van der Waals surface area (Å²) in [6, 6.07) is 2.19. The highest BCUT2D eigenvalue weighted by molar-refractivity contribution is 5.94. The Morgan fingerprint density at radius 2 is 2.33 bits per heavy atom. The number of nitrogens with zero attached hydrogens (tertiary/aromatic N) is 1. The molecule has 1 saturated carbocycles. The standard InChI is InChI=1S/C13H19N3O2/c1-8-6-12(18-16-8)15-13(17)11-7-9-4-2-3-5-10(9)14-11/h6,9-11,14H,2-5,7H2,1H3,(H,15,17). The van der Waals surface area contributed by atoms with Gasteiger partial charge in [0.1, 0.15) is 0 Å². The lowest BCUT2D eigenvalue weighted by Gasteiger charge is -2.24. The van der Waals surface area contributed by atoms with Crippen LogP contribution in [0.1, 0.15) is 37.8 Å². The summed E-state index contributed by atoms with van der Waals surface area (Å²) in [5.41, 5.74) is 0.776. The summed E-state index contributed by atoms with van der Waals surface area (Å²) < 4.78 is 5.00. The SMILES string of the molecule is Cc1cc(NC(=O)C2CC3CCCCC3N2)on1. The van der Waals surface area contributed by atoms with Gasteiger partial charge in [-0.2, -0.15) is 0 Å². The van der Waals surface area contributed by atoms with E-state index in [4.69, 9.17) is 4.52 Å². The summed E-state index contributed by atoms with van der Waals surface area (Å²) in [6.07, 6.45) is 5.99. The zero-order chi connectivity index (χ0) is 12.5. The summed E-state index contributed by atoms with van der Waals surface area (Å²) in [6.45, 7) is 1.83. The molecule has 3 rings (SSSR count). The topological polar surface area (TPSA) is 67.2 Å². The van der Waals surface area contributed by atoms with E-state index in [1.807, 2.05) is 6.92 Å². The molecule has 2 N–H and O–H groups in total. The highest BCUT2D eigenvalue weighted by atomic mass is 16.5. The first-order valence-corrected chi connectivity index (χ1v) is 6.72. The Morgan fingerprint density at radius 1 is 1.50 bits per heavy atom. The molecule has 3 atom stereocenters. The molecule has 98 valence electrons. The van der Waals surface area contributed by atoms with Gasteiger partial charge in [-0.05, 0) is 32.1 Å². The molecule has 1 aromatic heterocycles. The number of carbonyl (C=O) groups is 1. The molecule has 3 unspecified atom stereocenters. The highest BCUT2D eigenvalue weighted by Crippen LogP contribution is 2.33. The Kier molecular flexibility index (Phi) is 3.07. The Balaban J connectivity index is 1.60. The van der Waals surface area contributed by atoms with Crippen LogP contribution in [0.2, 0.25) is 0 Å². The van der Waals surface area contributed by atoms with Gasteiger partial charge in [0.2, 0.25) is 11.8 Å². The van der Waals surface area contributed by atoms with E-state index in [1.54, 1.807) is 6.07 Å². The van der Waals surface area contributed by atoms with Gasteiger partial charge in [0.15, 0.2) is 0 Å². The number of aromatic nitrogens is 1. The van der Waals surface area contributed by atoms with Crippen LogP contribution in [0.5, 0.6) is 0 Å². The molecule has 1 aliphatic carbocycles. The van der Waals surface area contributed by atoms with Crippen LogP contribution in [0.4, 0.5) is 5.88 Å². The molecule has 18 heavy (non-hydrogen) atoms. The second-order valence-electron chi connectivity index (χ2n) is 5.43. The molecule has 5 nitrogen and oxygen atoms in total. The number of hydrogen-bond acceptors (Lipinski definition) is 4. The van der Waals surface area contributed by atoms with Crippen LogP contribution >= 0.6 is 0 Å². The second kappa shape index (κ2) is 4.72. The Bertz CT molecular complexity index is 429. The Labute approximate surface area is 106 Å². The number of carbonyl (C=O) groups excluding carboxylic acids is 1. The molecule has 0 bridgehead atoms. The predicted octanol–water partition coefficient (Wildman–Crippen LogP) is 1.84.